The molecule has 98 valence electrons. The molecule has 5 heteroatoms. The van der Waals surface area contributed by atoms with Gasteiger partial charge in [-0.25, -0.2) is 9.97 Å². The van der Waals surface area contributed by atoms with E-state index in [-0.39, 0.29) is 0 Å². The molecule has 0 aliphatic rings. The zero-order chi connectivity index (χ0) is 13.7. The second-order valence-corrected chi connectivity index (χ2v) is 5.42. The van der Waals surface area contributed by atoms with Gasteiger partial charge in [0.1, 0.15) is 16.9 Å². The van der Waals surface area contributed by atoms with Crippen molar-refractivity contribution in [2.75, 3.05) is 12.3 Å². The van der Waals surface area contributed by atoms with Crippen molar-refractivity contribution in [1.29, 1.82) is 5.26 Å². The molecule has 0 bridgehead atoms. The van der Waals surface area contributed by atoms with E-state index in [1.165, 1.54) is 0 Å². The molecule has 0 saturated heterocycles. The van der Waals surface area contributed by atoms with Gasteiger partial charge in [-0.05, 0) is 19.5 Å². The van der Waals surface area contributed by atoms with E-state index in [4.69, 9.17) is 0 Å². The Balaban J connectivity index is 2.21. The molecule has 0 spiro atoms. The molecule has 1 N–H and O–H groups in total. The van der Waals surface area contributed by atoms with Crippen LogP contribution in [-0.4, -0.2) is 27.8 Å². The first kappa shape index (κ1) is 13.8. The first-order chi connectivity index (χ1) is 9.18. The Morgan fingerprint density at radius 3 is 2.89 bits per heavy atom. The Labute approximate surface area is 117 Å². The van der Waals surface area contributed by atoms with Gasteiger partial charge in [-0.3, -0.25) is 5.32 Å². The minimum atomic E-state index is -0.536. The fourth-order valence-electron chi connectivity index (χ4n) is 1.82. The predicted octanol–water partition coefficient (Wildman–Crippen LogP) is 2.61. The second kappa shape index (κ2) is 6.00. The van der Waals surface area contributed by atoms with Crippen LogP contribution >= 0.6 is 11.8 Å². The van der Waals surface area contributed by atoms with E-state index in [0.29, 0.717) is 5.75 Å². The minimum absolute atomic E-state index is 0.536. The van der Waals surface area contributed by atoms with Crippen LogP contribution < -0.4 is 5.32 Å². The molecule has 1 aromatic carbocycles. The summed E-state index contributed by atoms with van der Waals surface area (Å²) < 4.78 is 0. The standard InChI is InChI=1S/C14H16N4S/c1-3-18-14(2,8-15)9-19-13-11-6-4-5-7-12(11)16-10-17-13/h4-7,10,18H,3,9H2,1-2H3. The zero-order valence-electron chi connectivity index (χ0n) is 11.1. The molecule has 2 aromatic rings. The van der Waals surface area contributed by atoms with Crippen molar-refractivity contribution < 1.29 is 0 Å². The summed E-state index contributed by atoms with van der Waals surface area (Å²) in [5, 5.41) is 14.4. The number of aromatic nitrogens is 2. The summed E-state index contributed by atoms with van der Waals surface area (Å²) in [6.07, 6.45) is 1.57. The van der Waals surface area contributed by atoms with Crippen LogP contribution in [0.4, 0.5) is 0 Å². The van der Waals surface area contributed by atoms with Crippen LogP contribution in [0, 0.1) is 11.3 Å². The van der Waals surface area contributed by atoms with Gasteiger partial charge in [-0.15, -0.1) is 11.8 Å². The lowest BCUT2D eigenvalue weighted by molar-refractivity contribution is 0.511. The Morgan fingerprint density at radius 1 is 1.37 bits per heavy atom. The maximum atomic E-state index is 9.25. The average molecular weight is 272 g/mol. The summed E-state index contributed by atoms with van der Waals surface area (Å²) in [7, 11) is 0. The number of nitrogens with one attached hydrogen (secondary N) is 1. The fourth-order valence-corrected chi connectivity index (χ4v) is 2.86. The van der Waals surface area contributed by atoms with Crippen molar-refractivity contribution in [3.63, 3.8) is 0 Å². The van der Waals surface area contributed by atoms with Crippen LogP contribution in [0.5, 0.6) is 0 Å². The Kier molecular flexibility index (Phi) is 4.35. The number of thioether (sulfide) groups is 1. The molecule has 1 unspecified atom stereocenters. The van der Waals surface area contributed by atoms with Crippen LogP contribution in [-0.2, 0) is 0 Å². The van der Waals surface area contributed by atoms with E-state index in [9.17, 15) is 5.26 Å². The van der Waals surface area contributed by atoms with Gasteiger partial charge in [0.25, 0.3) is 0 Å². The van der Waals surface area contributed by atoms with Crippen molar-refractivity contribution in [2.45, 2.75) is 24.4 Å². The van der Waals surface area contributed by atoms with Crippen LogP contribution in [0.15, 0.2) is 35.6 Å². The molecule has 4 nitrogen and oxygen atoms in total. The molecule has 1 atom stereocenters. The first-order valence-corrected chi connectivity index (χ1v) is 7.16. The number of benzene rings is 1. The van der Waals surface area contributed by atoms with Crippen LogP contribution in [0.25, 0.3) is 10.9 Å². The Bertz CT molecular complexity index is 602. The van der Waals surface area contributed by atoms with Gasteiger partial charge >= 0.3 is 0 Å². The third-order valence-corrected chi connectivity index (χ3v) is 4.14. The molecule has 1 heterocycles. The first-order valence-electron chi connectivity index (χ1n) is 6.17. The summed E-state index contributed by atoms with van der Waals surface area (Å²) >= 11 is 1.59. The molecule has 0 aliphatic heterocycles. The van der Waals surface area contributed by atoms with Crippen molar-refractivity contribution >= 4 is 22.7 Å². The lowest BCUT2D eigenvalue weighted by Crippen LogP contribution is -2.43. The van der Waals surface area contributed by atoms with Crippen molar-refractivity contribution in [3.8, 4) is 6.07 Å². The van der Waals surface area contributed by atoms with Gasteiger partial charge < -0.3 is 0 Å². The maximum Gasteiger partial charge on any atom is 0.117 e. The maximum absolute atomic E-state index is 9.25. The van der Waals surface area contributed by atoms with E-state index < -0.39 is 5.54 Å². The minimum Gasteiger partial charge on any atom is -0.299 e. The zero-order valence-corrected chi connectivity index (χ0v) is 11.9. The van der Waals surface area contributed by atoms with Crippen molar-refractivity contribution in [1.82, 2.24) is 15.3 Å². The predicted molar refractivity (Wildman–Crippen MR) is 78.0 cm³/mol. The number of fused-ring (bicyclic) bond motifs is 1. The van der Waals surface area contributed by atoms with Crippen molar-refractivity contribution in [2.24, 2.45) is 0 Å². The second-order valence-electron chi connectivity index (χ2n) is 4.46. The smallest absolute Gasteiger partial charge is 0.117 e. The van der Waals surface area contributed by atoms with Crippen LogP contribution in [0.3, 0.4) is 0 Å². The number of nitrogens with zero attached hydrogens (tertiary/aromatic N) is 3. The Morgan fingerprint density at radius 2 is 2.16 bits per heavy atom. The summed E-state index contributed by atoms with van der Waals surface area (Å²) in [5.74, 6) is 0.651. The SMILES string of the molecule is CCNC(C)(C#N)CSc1ncnc2ccccc12. The molecular formula is C14H16N4S. The summed E-state index contributed by atoms with van der Waals surface area (Å²) in [4.78, 5) is 8.56. The van der Waals surface area contributed by atoms with Gasteiger partial charge in [0.2, 0.25) is 0 Å². The van der Waals surface area contributed by atoms with Gasteiger partial charge in [0.05, 0.1) is 11.6 Å². The highest BCUT2D eigenvalue weighted by Gasteiger charge is 2.23. The molecule has 0 radical (unpaired) electrons. The number of hydrogen-bond acceptors (Lipinski definition) is 5. The molecule has 1 aromatic heterocycles. The molecule has 0 fully saturated rings. The third kappa shape index (κ3) is 3.22. The quantitative estimate of drug-likeness (QED) is 0.669. The third-order valence-electron chi connectivity index (χ3n) is 2.82. The Hall–Kier alpha value is -1.64. The highest BCUT2D eigenvalue weighted by Crippen LogP contribution is 2.26. The van der Waals surface area contributed by atoms with Crippen LogP contribution in [0.1, 0.15) is 13.8 Å². The van der Waals surface area contributed by atoms with Crippen LogP contribution in [0.2, 0.25) is 0 Å². The van der Waals surface area contributed by atoms with E-state index in [1.807, 2.05) is 38.1 Å². The van der Waals surface area contributed by atoms with E-state index in [0.717, 1.165) is 22.5 Å². The van der Waals surface area contributed by atoms with Gasteiger partial charge in [0.15, 0.2) is 0 Å². The van der Waals surface area contributed by atoms with Gasteiger partial charge in [-0.2, -0.15) is 5.26 Å². The van der Waals surface area contributed by atoms with E-state index >= 15 is 0 Å². The molecular weight excluding hydrogens is 256 g/mol. The topological polar surface area (TPSA) is 61.6 Å². The molecule has 0 aliphatic carbocycles. The highest BCUT2D eigenvalue weighted by atomic mass is 32.2. The lowest BCUT2D eigenvalue weighted by atomic mass is 10.1. The van der Waals surface area contributed by atoms with E-state index in [2.05, 4.69) is 21.4 Å². The number of rotatable bonds is 5. The average Bonchev–Trinajstić information content (AvgIpc) is 2.45. The number of para-hydroxylation sites is 1. The molecule has 0 saturated carbocycles. The normalized spacial score (nSPS) is 13.9. The van der Waals surface area contributed by atoms with E-state index in [1.54, 1.807) is 18.1 Å². The summed E-state index contributed by atoms with van der Waals surface area (Å²) in [6, 6.07) is 10.2. The van der Waals surface area contributed by atoms with Gasteiger partial charge in [0, 0.05) is 11.1 Å². The number of nitriles is 1. The lowest BCUT2D eigenvalue weighted by Gasteiger charge is -2.21. The monoisotopic (exact) mass is 272 g/mol. The fraction of sp³-hybridized carbons (Fsp3) is 0.357. The van der Waals surface area contributed by atoms with Crippen molar-refractivity contribution in [3.05, 3.63) is 30.6 Å². The molecule has 2 rings (SSSR count). The largest absolute Gasteiger partial charge is 0.299 e. The highest BCUT2D eigenvalue weighted by molar-refractivity contribution is 7.99. The van der Waals surface area contributed by atoms with Gasteiger partial charge in [-0.1, -0.05) is 25.1 Å². The molecule has 0 amide bonds. The number of hydrogen-bond donors (Lipinski definition) is 1. The summed E-state index contributed by atoms with van der Waals surface area (Å²) in [6.45, 7) is 4.68. The summed E-state index contributed by atoms with van der Waals surface area (Å²) in [5.41, 5.74) is 0.396. The molecule has 19 heavy (non-hydrogen) atoms.